The van der Waals surface area contributed by atoms with Crippen LogP contribution in [0.1, 0.15) is 31.7 Å². The number of hydrogen-bond acceptors (Lipinski definition) is 4. The number of aryl methyl sites for hydroxylation is 1. The average Bonchev–Trinajstić information content (AvgIpc) is 3.10. The normalized spacial score (nSPS) is 19.0. The number of halogens is 2. The van der Waals surface area contributed by atoms with Gasteiger partial charge >= 0.3 is 0 Å². The molecule has 10 heteroatoms. The fraction of sp³-hybridized carbons (Fsp3) is 0.625. The van der Waals surface area contributed by atoms with Gasteiger partial charge in [-0.15, -0.1) is 23.2 Å². The van der Waals surface area contributed by atoms with Crippen molar-refractivity contribution >= 4 is 43.2 Å². The lowest BCUT2D eigenvalue weighted by Gasteiger charge is -2.31. The molecule has 0 aliphatic carbocycles. The van der Waals surface area contributed by atoms with Crippen LogP contribution in [0.5, 0.6) is 0 Å². The molecule has 0 amide bonds. The van der Waals surface area contributed by atoms with Crippen LogP contribution in [0.15, 0.2) is 29.2 Å². The van der Waals surface area contributed by atoms with Gasteiger partial charge in [-0.1, -0.05) is 24.6 Å². The molecular formula is C16H24Cl2N2O4S2. The minimum Gasteiger partial charge on any atom is -0.212 e. The molecule has 2 rings (SSSR count). The lowest BCUT2D eigenvalue weighted by atomic mass is 10.2. The zero-order chi connectivity index (χ0) is 19.5. The smallest absolute Gasteiger partial charge is 0.212 e. The van der Waals surface area contributed by atoms with Gasteiger partial charge in [0.05, 0.1) is 16.2 Å². The monoisotopic (exact) mass is 442 g/mol. The molecule has 2 atom stereocenters. The summed E-state index contributed by atoms with van der Waals surface area (Å²) in [7, 11) is -7.68. The first kappa shape index (κ1) is 21.9. The molecule has 0 saturated carbocycles. The van der Waals surface area contributed by atoms with Crippen molar-refractivity contribution in [3.05, 3.63) is 29.8 Å². The lowest BCUT2D eigenvalue weighted by molar-refractivity contribution is 0.443. The molecule has 6 nitrogen and oxygen atoms in total. The van der Waals surface area contributed by atoms with Crippen molar-refractivity contribution in [1.82, 2.24) is 9.03 Å². The highest BCUT2D eigenvalue weighted by atomic mass is 35.5. The average molecular weight is 443 g/mol. The molecule has 1 aromatic rings. The molecule has 1 aliphatic heterocycles. The van der Waals surface area contributed by atoms with Gasteiger partial charge < -0.3 is 0 Å². The number of alkyl halides is 2. The summed E-state index contributed by atoms with van der Waals surface area (Å²) in [6.07, 6.45) is 1.77. The Hall–Kier alpha value is -0.380. The third-order valence-electron chi connectivity index (χ3n) is 4.50. The van der Waals surface area contributed by atoms with Crippen LogP contribution < -0.4 is 4.72 Å². The van der Waals surface area contributed by atoms with E-state index >= 15 is 0 Å². The van der Waals surface area contributed by atoms with Crippen LogP contribution >= 0.6 is 23.2 Å². The van der Waals surface area contributed by atoms with E-state index in [1.165, 1.54) is 16.4 Å². The maximum absolute atomic E-state index is 13.0. The molecule has 1 aliphatic rings. The number of hydrogen-bond donors (Lipinski definition) is 1. The topological polar surface area (TPSA) is 83.5 Å². The number of nitrogens with one attached hydrogen (secondary N) is 1. The summed E-state index contributed by atoms with van der Waals surface area (Å²) >= 11 is 12.0. The zero-order valence-electron chi connectivity index (χ0n) is 14.7. The summed E-state index contributed by atoms with van der Waals surface area (Å²) < 4.78 is 55.1. The second kappa shape index (κ2) is 8.75. The van der Waals surface area contributed by atoms with Gasteiger partial charge in [0.15, 0.2) is 0 Å². The second-order valence-electron chi connectivity index (χ2n) is 6.39. The first-order chi connectivity index (χ1) is 12.1. The SMILES string of the molecule is CC[C@H]([C@@H](NS(=O)(=O)c1ccc(C)cc1)C(Cl)Cl)S(=O)(=O)N1CCCC1. The highest BCUT2D eigenvalue weighted by molar-refractivity contribution is 7.90. The van der Waals surface area contributed by atoms with Crippen LogP contribution in [-0.2, 0) is 20.0 Å². The van der Waals surface area contributed by atoms with Gasteiger partial charge in [-0.2, -0.15) is 0 Å². The van der Waals surface area contributed by atoms with E-state index in [1.807, 2.05) is 6.92 Å². The van der Waals surface area contributed by atoms with Gasteiger partial charge in [0.25, 0.3) is 0 Å². The van der Waals surface area contributed by atoms with E-state index in [1.54, 1.807) is 19.1 Å². The summed E-state index contributed by atoms with van der Waals surface area (Å²) in [4.78, 5) is -1.17. The zero-order valence-corrected chi connectivity index (χ0v) is 17.9. The largest absolute Gasteiger partial charge is 0.240 e. The number of rotatable bonds is 8. The van der Waals surface area contributed by atoms with E-state index in [9.17, 15) is 16.8 Å². The van der Waals surface area contributed by atoms with Crippen LogP contribution in [0.2, 0.25) is 0 Å². The van der Waals surface area contributed by atoms with E-state index in [-0.39, 0.29) is 11.3 Å². The molecule has 1 N–H and O–H groups in total. The van der Waals surface area contributed by atoms with Gasteiger partial charge in [-0.05, 0) is 38.3 Å². The van der Waals surface area contributed by atoms with Crippen LogP contribution in [0, 0.1) is 6.92 Å². The molecule has 0 unspecified atom stereocenters. The fourth-order valence-corrected chi connectivity index (χ4v) is 7.38. The summed E-state index contributed by atoms with van der Waals surface area (Å²) in [5.41, 5.74) is 0.913. The van der Waals surface area contributed by atoms with Gasteiger partial charge in [0.1, 0.15) is 4.84 Å². The Bertz CT molecular complexity index is 805. The predicted molar refractivity (Wildman–Crippen MR) is 105 cm³/mol. The molecule has 1 fully saturated rings. The summed E-state index contributed by atoms with van der Waals surface area (Å²) in [6.45, 7) is 4.40. The lowest BCUT2D eigenvalue weighted by Crippen LogP contribution is -2.53. The van der Waals surface area contributed by atoms with Crippen molar-refractivity contribution in [2.24, 2.45) is 0 Å². The first-order valence-corrected chi connectivity index (χ1v) is 12.3. The minimum absolute atomic E-state index is 0.0375. The summed E-state index contributed by atoms with van der Waals surface area (Å²) in [6, 6.07) is 5.10. The van der Waals surface area contributed by atoms with E-state index in [0.29, 0.717) is 13.1 Å². The maximum Gasteiger partial charge on any atom is 0.240 e. The third-order valence-corrected chi connectivity index (χ3v) is 9.00. The van der Waals surface area contributed by atoms with Crippen LogP contribution in [0.25, 0.3) is 0 Å². The standard InChI is InChI=1S/C16H24Cl2N2O4S2/c1-3-14(26(23,24)20-10-4-5-11-20)15(16(17)18)19-25(21,22)13-8-6-12(2)7-9-13/h6-9,14-16,19H,3-5,10-11H2,1-2H3/t14-,15-/m1/s1. The first-order valence-electron chi connectivity index (χ1n) is 8.45. The van der Waals surface area contributed by atoms with E-state index in [4.69, 9.17) is 23.2 Å². The number of nitrogens with zero attached hydrogens (tertiary/aromatic N) is 1. The Labute approximate surface area is 166 Å². The second-order valence-corrected chi connectivity index (χ2v) is 11.4. The minimum atomic E-state index is -3.96. The molecule has 1 heterocycles. The van der Waals surface area contributed by atoms with Gasteiger partial charge in [-0.3, -0.25) is 0 Å². The fourth-order valence-electron chi connectivity index (χ4n) is 3.04. The summed E-state index contributed by atoms with van der Waals surface area (Å²) in [5, 5.41) is -1.04. The molecule has 148 valence electrons. The van der Waals surface area contributed by atoms with Crippen LogP contribution in [0.4, 0.5) is 0 Å². The van der Waals surface area contributed by atoms with Gasteiger partial charge in [0, 0.05) is 13.1 Å². The summed E-state index contributed by atoms with van der Waals surface area (Å²) in [5.74, 6) is 0. The van der Waals surface area contributed by atoms with Crippen molar-refractivity contribution in [2.45, 2.75) is 54.1 Å². The van der Waals surface area contributed by atoms with Crippen LogP contribution in [0.3, 0.4) is 0 Å². The quantitative estimate of drug-likeness (QED) is 0.627. The van der Waals surface area contributed by atoms with Crippen LogP contribution in [-0.4, -0.2) is 50.4 Å². The van der Waals surface area contributed by atoms with Crippen molar-refractivity contribution in [3.63, 3.8) is 0 Å². The highest BCUT2D eigenvalue weighted by Crippen LogP contribution is 2.26. The molecule has 26 heavy (non-hydrogen) atoms. The van der Waals surface area contributed by atoms with Crippen molar-refractivity contribution in [3.8, 4) is 0 Å². The molecule has 1 aromatic carbocycles. The Morgan fingerprint density at radius 3 is 2.08 bits per heavy atom. The number of sulfonamides is 2. The van der Waals surface area contributed by atoms with E-state index in [0.717, 1.165) is 18.4 Å². The third kappa shape index (κ3) is 4.91. The Kier molecular flexibility index (Phi) is 7.38. The van der Waals surface area contributed by atoms with Gasteiger partial charge in [0.2, 0.25) is 20.0 Å². The van der Waals surface area contributed by atoms with Crippen molar-refractivity contribution < 1.29 is 16.8 Å². The predicted octanol–water partition coefficient (Wildman–Crippen LogP) is 2.65. The Balaban J connectivity index is 2.33. The molecular weight excluding hydrogens is 419 g/mol. The van der Waals surface area contributed by atoms with Crippen molar-refractivity contribution in [2.75, 3.05) is 13.1 Å². The Morgan fingerprint density at radius 1 is 1.08 bits per heavy atom. The molecule has 0 aromatic heterocycles. The van der Waals surface area contributed by atoms with Gasteiger partial charge in [-0.25, -0.2) is 25.9 Å². The molecule has 1 saturated heterocycles. The van der Waals surface area contributed by atoms with Crippen molar-refractivity contribution in [1.29, 1.82) is 0 Å². The molecule has 0 radical (unpaired) electrons. The highest BCUT2D eigenvalue weighted by Gasteiger charge is 2.42. The maximum atomic E-state index is 13.0. The Morgan fingerprint density at radius 2 is 1.62 bits per heavy atom. The molecule has 0 bridgehead atoms. The molecule has 0 spiro atoms. The van der Waals surface area contributed by atoms with E-state index < -0.39 is 36.2 Å². The van der Waals surface area contributed by atoms with E-state index in [2.05, 4.69) is 4.72 Å². The number of benzene rings is 1.